The minimum atomic E-state index is -1.74. The summed E-state index contributed by atoms with van der Waals surface area (Å²) in [6.07, 6.45) is 0. The van der Waals surface area contributed by atoms with Crippen molar-refractivity contribution in [2.75, 3.05) is 0 Å². The van der Waals surface area contributed by atoms with E-state index in [1.165, 1.54) is 27.1 Å². The van der Waals surface area contributed by atoms with Gasteiger partial charge in [0.25, 0.3) is 0 Å². The van der Waals surface area contributed by atoms with E-state index in [1.54, 1.807) is 0 Å². The van der Waals surface area contributed by atoms with Crippen molar-refractivity contribution < 1.29 is 20.8 Å². The Kier molecular flexibility index (Phi) is 6.43. The van der Waals surface area contributed by atoms with Crippen LogP contribution in [0.1, 0.15) is 20.8 Å². The molecular weight excluding hydrogens is 382 g/mol. The van der Waals surface area contributed by atoms with Crippen molar-refractivity contribution in [3.05, 3.63) is 42.5 Å². The summed E-state index contributed by atoms with van der Waals surface area (Å²) < 4.78 is 6.30. The zero-order valence-electron chi connectivity index (χ0n) is 13.0. The Morgan fingerprint density at radius 2 is 1.75 bits per heavy atom. The van der Waals surface area contributed by atoms with Gasteiger partial charge in [0.2, 0.25) is 8.32 Å². The first-order chi connectivity index (χ1) is 9.29. The third-order valence-corrected chi connectivity index (χ3v) is 8.19. The van der Waals surface area contributed by atoms with E-state index >= 15 is 0 Å². The molecule has 0 aliphatic carbocycles. The van der Waals surface area contributed by atoms with E-state index in [1.807, 2.05) is 12.1 Å². The molecule has 0 aliphatic rings. The van der Waals surface area contributed by atoms with Gasteiger partial charge < -0.3 is 4.43 Å². The quantitative estimate of drug-likeness (QED) is 0.451. The predicted octanol–water partition coefficient (Wildman–Crippen LogP) is 5.87. The predicted molar refractivity (Wildman–Crippen MR) is 89.5 cm³/mol. The molecule has 0 heterocycles. The van der Waals surface area contributed by atoms with Crippen LogP contribution in [0.5, 0.6) is 5.75 Å². The standard InChI is InChI=1S/C16H21OSi.BrH.Zn/c1-16(2,3)18(4,5)17-15-11-10-13-8-6-7-9-14(13)12-15;;/h7-12H,1-5H3;1H;/q-1;;+2/p-1. The van der Waals surface area contributed by atoms with Gasteiger partial charge in [0.1, 0.15) is 5.75 Å². The van der Waals surface area contributed by atoms with Crippen molar-refractivity contribution in [3.63, 3.8) is 0 Å². The summed E-state index contributed by atoms with van der Waals surface area (Å²) in [5.41, 5.74) is 0. The van der Waals surface area contributed by atoms with Crippen LogP contribution in [0, 0.1) is 6.07 Å². The van der Waals surface area contributed by atoms with Gasteiger partial charge in [0.15, 0.2) is 0 Å². The van der Waals surface area contributed by atoms with Crippen LogP contribution >= 0.6 is 13.6 Å². The van der Waals surface area contributed by atoms with E-state index in [9.17, 15) is 0 Å². The first-order valence-electron chi connectivity index (χ1n) is 6.65. The van der Waals surface area contributed by atoms with Gasteiger partial charge in [-0.2, -0.15) is 24.3 Å². The Bertz CT molecular complexity index is 564. The molecule has 104 valence electrons. The van der Waals surface area contributed by atoms with Crippen molar-refractivity contribution in [1.82, 2.24) is 0 Å². The maximum atomic E-state index is 6.30. The molecule has 0 spiro atoms. The Hall–Kier alpha value is -0.180. The van der Waals surface area contributed by atoms with Crippen LogP contribution in [0.3, 0.4) is 0 Å². The second-order valence-electron chi connectivity index (χ2n) is 6.30. The molecular formula is C16H21BrOSiZn. The number of rotatable bonds is 2. The molecule has 0 atom stereocenters. The summed E-state index contributed by atoms with van der Waals surface area (Å²) in [5.74, 6) is 0.986. The number of fused-ring (bicyclic) bond motifs is 1. The molecule has 0 amide bonds. The zero-order valence-corrected chi connectivity index (χ0v) is 18.5. The second-order valence-corrected chi connectivity index (χ2v) is 11.0. The SMILES string of the molecule is CC(C)(C)[Si](C)(C)Oc1ccc2c[c-]ccc2c1.[Zn+][Br]. The van der Waals surface area contributed by atoms with Gasteiger partial charge >= 0.3 is 30.0 Å². The normalized spacial score (nSPS) is 11.8. The van der Waals surface area contributed by atoms with Crippen molar-refractivity contribution in [2.24, 2.45) is 0 Å². The third-order valence-electron chi connectivity index (χ3n) is 3.84. The molecule has 2 aromatic carbocycles. The molecule has 2 aromatic rings. The van der Waals surface area contributed by atoms with Crippen LogP contribution in [-0.4, -0.2) is 8.32 Å². The van der Waals surface area contributed by atoms with Gasteiger partial charge in [-0.15, -0.1) is 16.8 Å². The summed E-state index contributed by atoms with van der Waals surface area (Å²) in [5, 5.41) is 2.65. The molecule has 20 heavy (non-hydrogen) atoms. The molecule has 0 saturated carbocycles. The molecule has 2 rings (SSSR count). The fourth-order valence-electron chi connectivity index (χ4n) is 1.62. The van der Waals surface area contributed by atoms with E-state index < -0.39 is 8.32 Å². The van der Waals surface area contributed by atoms with E-state index in [0.717, 1.165) is 5.75 Å². The summed E-state index contributed by atoms with van der Waals surface area (Å²) >= 11 is 4.25. The van der Waals surface area contributed by atoms with Crippen LogP contribution in [0.15, 0.2) is 36.4 Å². The monoisotopic (exact) mass is 400 g/mol. The summed E-state index contributed by atoms with van der Waals surface area (Å²) in [4.78, 5) is 0. The molecule has 0 N–H and O–H groups in total. The van der Waals surface area contributed by atoms with Crippen LogP contribution in [-0.2, 0) is 16.3 Å². The molecule has 0 unspecified atom stereocenters. The fourth-order valence-corrected chi connectivity index (χ4v) is 2.64. The molecule has 0 aromatic heterocycles. The molecule has 0 radical (unpaired) electrons. The molecule has 0 aliphatic heterocycles. The number of benzene rings is 2. The first kappa shape index (κ1) is 17.9. The van der Waals surface area contributed by atoms with Crippen molar-refractivity contribution in [3.8, 4) is 5.75 Å². The van der Waals surface area contributed by atoms with Gasteiger partial charge in [-0.05, 0) is 30.3 Å². The fraction of sp³-hybridized carbons (Fsp3) is 0.375. The maximum absolute atomic E-state index is 6.30. The van der Waals surface area contributed by atoms with E-state index in [-0.39, 0.29) is 5.04 Å². The van der Waals surface area contributed by atoms with Crippen LogP contribution in [0.25, 0.3) is 10.8 Å². The summed E-state index contributed by atoms with van der Waals surface area (Å²) in [7, 11) is -1.74. The average molecular weight is 403 g/mol. The van der Waals surface area contributed by atoms with Crippen LogP contribution in [0.2, 0.25) is 18.1 Å². The van der Waals surface area contributed by atoms with Crippen LogP contribution < -0.4 is 4.43 Å². The second kappa shape index (κ2) is 7.20. The molecule has 1 nitrogen and oxygen atoms in total. The Morgan fingerprint density at radius 1 is 1.10 bits per heavy atom. The van der Waals surface area contributed by atoms with Gasteiger partial charge in [0.05, 0.1) is 0 Å². The van der Waals surface area contributed by atoms with E-state index in [4.69, 9.17) is 4.43 Å². The van der Waals surface area contributed by atoms with Gasteiger partial charge in [-0.25, -0.2) is 0 Å². The van der Waals surface area contributed by atoms with Gasteiger partial charge in [-0.3, -0.25) is 0 Å². The Morgan fingerprint density at radius 3 is 2.35 bits per heavy atom. The number of halogens is 1. The van der Waals surface area contributed by atoms with E-state index in [2.05, 4.69) is 77.8 Å². The zero-order chi connectivity index (χ0) is 15.4. The van der Waals surface area contributed by atoms with Crippen molar-refractivity contribution in [2.45, 2.75) is 38.9 Å². The first-order valence-corrected chi connectivity index (χ1v) is 16.5. The van der Waals surface area contributed by atoms with Crippen molar-refractivity contribution in [1.29, 1.82) is 0 Å². The molecule has 0 fully saturated rings. The number of hydrogen-bond donors (Lipinski definition) is 0. The molecule has 4 heteroatoms. The Balaban J connectivity index is 0.000000956. The average Bonchev–Trinajstić information content (AvgIpc) is 2.39. The van der Waals surface area contributed by atoms with Crippen molar-refractivity contribution >= 4 is 32.7 Å². The van der Waals surface area contributed by atoms with Gasteiger partial charge in [0, 0.05) is 0 Å². The van der Waals surface area contributed by atoms with Crippen LogP contribution in [0.4, 0.5) is 0 Å². The minimum absolute atomic E-state index is 0.229. The Labute approximate surface area is 140 Å². The van der Waals surface area contributed by atoms with E-state index in [0.29, 0.717) is 0 Å². The topological polar surface area (TPSA) is 9.23 Å². The number of hydrogen-bond acceptors (Lipinski definition) is 1. The summed E-state index contributed by atoms with van der Waals surface area (Å²) in [6.45, 7) is 11.3. The molecule has 0 saturated heterocycles. The molecule has 0 bridgehead atoms. The summed E-state index contributed by atoms with van der Waals surface area (Å²) in [6, 6.07) is 15.4. The van der Waals surface area contributed by atoms with Gasteiger partial charge in [-0.1, -0.05) is 20.8 Å². The third kappa shape index (κ3) is 4.41.